The Kier molecular flexibility index (Phi) is 29.0. The molecule has 0 aliphatic heterocycles. The molecule has 0 radical (unpaired) electrons. The smallest absolute Gasteiger partial charge is 0.387 e. The van der Waals surface area contributed by atoms with E-state index in [9.17, 15) is 19.4 Å². The number of aliphatic hydroxyl groups is 1. The number of carbonyl (C=O) groups is 1. The van der Waals surface area contributed by atoms with Crippen LogP contribution < -0.4 is 5.32 Å². The first-order chi connectivity index (χ1) is 22.0. The Balaban J connectivity index is 4.07. The van der Waals surface area contributed by atoms with E-state index in [1.54, 1.807) is 6.08 Å². The number of allylic oxidation sites excluding steroid dienone is 5. The summed E-state index contributed by atoms with van der Waals surface area (Å²) < 4.78 is 23.1. The van der Waals surface area contributed by atoms with Crippen molar-refractivity contribution in [2.75, 3.05) is 40.9 Å². The summed E-state index contributed by atoms with van der Waals surface area (Å²) in [7, 11) is 1.55. The van der Waals surface area contributed by atoms with Crippen molar-refractivity contribution in [1.29, 1.82) is 0 Å². The molecule has 0 aromatic rings. The van der Waals surface area contributed by atoms with Crippen molar-refractivity contribution in [1.82, 2.24) is 5.32 Å². The zero-order chi connectivity index (χ0) is 34.4. The van der Waals surface area contributed by atoms with Crippen LogP contribution >= 0.6 is 7.82 Å². The number of nitrogens with one attached hydrogen (secondary N) is 1. The molecule has 3 atom stereocenters. The number of carbonyl (C=O) groups excluding carboxylic acids is 1. The molecule has 3 N–H and O–H groups in total. The first kappa shape index (κ1) is 44.7. The molecule has 0 spiro atoms. The minimum atomic E-state index is -4.31. The highest BCUT2D eigenvalue weighted by molar-refractivity contribution is 7.47. The third-order valence-corrected chi connectivity index (χ3v) is 8.82. The molecule has 0 aromatic heterocycles. The predicted molar refractivity (Wildman–Crippen MR) is 194 cm³/mol. The van der Waals surface area contributed by atoms with Gasteiger partial charge in [-0.25, -0.2) is 4.57 Å². The normalized spacial score (nSPS) is 15.2. The summed E-state index contributed by atoms with van der Waals surface area (Å²) in [5.41, 5.74) is 0. The second-order valence-electron chi connectivity index (χ2n) is 13.6. The molecule has 0 aliphatic rings. The third kappa shape index (κ3) is 31.3. The van der Waals surface area contributed by atoms with Crippen molar-refractivity contribution in [3.63, 3.8) is 0 Å². The molecule has 0 saturated carbocycles. The summed E-state index contributed by atoms with van der Waals surface area (Å²) in [6.45, 7) is 4.56. The van der Waals surface area contributed by atoms with Gasteiger partial charge in [-0.05, 0) is 44.9 Å². The molecule has 0 saturated heterocycles. The van der Waals surface area contributed by atoms with Crippen molar-refractivity contribution in [3.8, 4) is 0 Å². The van der Waals surface area contributed by atoms with Crippen LogP contribution in [0, 0.1) is 0 Å². The predicted octanol–water partition coefficient (Wildman–Crippen LogP) is 9.18. The lowest BCUT2D eigenvalue weighted by Gasteiger charge is -2.25. The van der Waals surface area contributed by atoms with Crippen LogP contribution in [0.15, 0.2) is 36.5 Å². The number of likely N-dealkylation sites (N-methyl/N-ethyl adjacent to an activating group) is 1. The van der Waals surface area contributed by atoms with Gasteiger partial charge in [-0.1, -0.05) is 127 Å². The second kappa shape index (κ2) is 29.8. The number of quaternary nitrogens is 1. The van der Waals surface area contributed by atoms with E-state index < -0.39 is 20.0 Å². The molecule has 9 heteroatoms. The number of aliphatic hydroxyl groups excluding tert-OH is 1. The van der Waals surface area contributed by atoms with Crippen LogP contribution in [0.5, 0.6) is 0 Å². The number of amides is 1. The number of nitrogens with zero attached hydrogens (tertiary/aromatic N) is 1. The standard InChI is InChI=1S/C37H71N2O6P/c1-6-8-10-11-12-13-14-15-16-17-18-19-20-21-22-23-24-25-26-27-29-31-37(41)38-35(36(40)30-28-9-7-2)34-45-46(42,43)44-33-32-39(3,4)5/h14-15,17-18,28,30,35-36,40H,6-13,16,19-27,29,31-34H2,1-5H3,(H-,38,41,42,43)/p+1/b15-14-,18-17-,30-28+. The largest absolute Gasteiger partial charge is 0.472 e. The molecule has 46 heavy (non-hydrogen) atoms. The lowest BCUT2D eigenvalue weighted by Crippen LogP contribution is -2.45. The zero-order valence-corrected chi connectivity index (χ0v) is 31.2. The highest BCUT2D eigenvalue weighted by atomic mass is 31.2. The SMILES string of the molecule is CCC/C=C/C(O)C(COP(=O)(O)OCC[N+](C)(C)C)NC(=O)CCCCCCCCCCC/C=C\C/C=C\CCCCCCC. The molecular formula is C37H72N2O6P+. The van der Waals surface area contributed by atoms with E-state index >= 15 is 0 Å². The fourth-order valence-electron chi connectivity index (χ4n) is 4.84. The first-order valence-electron chi connectivity index (χ1n) is 18.4. The van der Waals surface area contributed by atoms with Crippen LogP contribution in [0.25, 0.3) is 0 Å². The van der Waals surface area contributed by atoms with Crippen LogP contribution in [0.3, 0.4) is 0 Å². The molecular weight excluding hydrogens is 599 g/mol. The van der Waals surface area contributed by atoms with Crippen molar-refractivity contribution in [2.24, 2.45) is 0 Å². The van der Waals surface area contributed by atoms with Gasteiger partial charge >= 0.3 is 7.82 Å². The van der Waals surface area contributed by atoms with Crippen LogP contribution in [0.2, 0.25) is 0 Å². The van der Waals surface area contributed by atoms with Gasteiger partial charge in [0.2, 0.25) is 5.91 Å². The Morgan fingerprint density at radius 1 is 0.739 bits per heavy atom. The summed E-state index contributed by atoms with van der Waals surface area (Å²) in [5.74, 6) is -0.196. The Morgan fingerprint density at radius 3 is 1.83 bits per heavy atom. The number of hydrogen-bond donors (Lipinski definition) is 3. The summed E-state index contributed by atoms with van der Waals surface area (Å²) in [5, 5.41) is 13.4. The quantitative estimate of drug-likeness (QED) is 0.0285. The number of rotatable bonds is 32. The number of hydrogen-bond acceptors (Lipinski definition) is 5. The zero-order valence-electron chi connectivity index (χ0n) is 30.3. The lowest BCUT2D eigenvalue weighted by atomic mass is 10.1. The molecule has 0 aromatic carbocycles. The van der Waals surface area contributed by atoms with Gasteiger partial charge in [0.05, 0.1) is 39.9 Å². The molecule has 0 aliphatic carbocycles. The van der Waals surface area contributed by atoms with Crippen LogP contribution in [-0.2, 0) is 18.4 Å². The molecule has 0 fully saturated rings. The van der Waals surface area contributed by atoms with Gasteiger partial charge in [-0.15, -0.1) is 0 Å². The van der Waals surface area contributed by atoms with Gasteiger partial charge in [0, 0.05) is 6.42 Å². The van der Waals surface area contributed by atoms with Crippen molar-refractivity contribution >= 4 is 13.7 Å². The van der Waals surface area contributed by atoms with E-state index in [1.807, 2.05) is 34.1 Å². The summed E-state index contributed by atoms with van der Waals surface area (Å²) in [4.78, 5) is 22.7. The van der Waals surface area contributed by atoms with E-state index in [-0.39, 0.29) is 19.1 Å². The second-order valence-corrected chi connectivity index (χ2v) is 15.0. The fraction of sp³-hybridized carbons (Fsp3) is 0.811. The Bertz CT molecular complexity index is 855. The summed E-state index contributed by atoms with van der Waals surface area (Å²) in [6.07, 6.45) is 34.3. The van der Waals surface area contributed by atoms with Crippen molar-refractivity contribution in [3.05, 3.63) is 36.5 Å². The van der Waals surface area contributed by atoms with E-state index in [2.05, 4.69) is 36.5 Å². The highest BCUT2D eigenvalue weighted by Gasteiger charge is 2.27. The summed E-state index contributed by atoms with van der Waals surface area (Å²) in [6, 6.07) is -0.842. The molecule has 1 amide bonds. The van der Waals surface area contributed by atoms with Crippen LogP contribution in [-0.4, -0.2) is 73.4 Å². The van der Waals surface area contributed by atoms with Gasteiger partial charge < -0.3 is 19.8 Å². The van der Waals surface area contributed by atoms with Gasteiger partial charge in [0.1, 0.15) is 13.2 Å². The van der Waals surface area contributed by atoms with E-state index in [0.29, 0.717) is 17.4 Å². The fourth-order valence-corrected chi connectivity index (χ4v) is 5.58. The Morgan fingerprint density at radius 2 is 1.28 bits per heavy atom. The van der Waals surface area contributed by atoms with Gasteiger partial charge in [0.15, 0.2) is 0 Å². The average Bonchev–Trinajstić information content (AvgIpc) is 2.99. The molecule has 270 valence electrons. The van der Waals surface area contributed by atoms with E-state index in [0.717, 1.165) is 38.5 Å². The van der Waals surface area contributed by atoms with Crippen molar-refractivity contribution in [2.45, 2.75) is 154 Å². The minimum Gasteiger partial charge on any atom is -0.387 e. The van der Waals surface area contributed by atoms with Gasteiger partial charge in [0.25, 0.3) is 0 Å². The van der Waals surface area contributed by atoms with Gasteiger partial charge in [-0.3, -0.25) is 13.8 Å². The number of unbranched alkanes of at least 4 members (excludes halogenated alkanes) is 15. The maximum atomic E-state index is 12.6. The first-order valence-corrected chi connectivity index (χ1v) is 19.9. The Hall–Kier alpha value is -1.28. The maximum absolute atomic E-state index is 12.6. The topological polar surface area (TPSA) is 105 Å². The van der Waals surface area contributed by atoms with Crippen LogP contribution in [0.4, 0.5) is 0 Å². The molecule has 0 bridgehead atoms. The summed E-state index contributed by atoms with van der Waals surface area (Å²) >= 11 is 0. The van der Waals surface area contributed by atoms with Crippen LogP contribution in [0.1, 0.15) is 142 Å². The van der Waals surface area contributed by atoms with E-state index in [1.165, 1.54) is 83.5 Å². The molecule has 0 heterocycles. The van der Waals surface area contributed by atoms with Gasteiger partial charge in [-0.2, -0.15) is 0 Å². The molecule has 3 unspecified atom stereocenters. The number of phosphoric ester groups is 1. The maximum Gasteiger partial charge on any atom is 0.472 e. The minimum absolute atomic E-state index is 0.0580. The highest BCUT2D eigenvalue weighted by Crippen LogP contribution is 2.43. The Labute approximate surface area is 283 Å². The monoisotopic (exact) mass is 672 g/mol. The third-order valence-electron chi connectivity index (χ3n) is 7.84. The van der Waals surface area contributed by atoms with E-state index in [4.69, 9.17) is 9.05 Å². The van der Waals surface area contributed by atoms with Crippen molar-refractivity contribution < 1.29 is 32.9 Å². The molecule has 8 nitrogen and oxygen atoms in total. The number of phosphoric acid groups is 1. The molecule has 0 rings (SSSR count). The average molecular weight is 672 g/mol. The lowest BCUT2D eigenvalue weighted by molar-refractivity contribution is -0.870.